The largest absolute Gasteiger partial charge is 0.331 e. The van der Waals surface area contributed by atoms with Crippen molar-refractivity contribution in [2.24, 2.45) is 17.3 Å². The zero-order chi connectivity index (χ0) is 15.3. The molecule has 2 bridgehead atoms. The minimum absolute atomic E-state index is 0.594. The van der Waals surface area contributed by atoms with Gasteiger partial charge >= 0.3 is 0 Å². The van der Waals surface area contributed by atoms with Crippen LogP contribution in [-0.2, 0) is 0 Å². The van der Waals surface area contributed by atoms with Crippen LogP contribution in [0.5, 0.6) is 0 Å². The fourth-order valence-electron chi connectivity index (χ4n) is 4.80. The van der Waals surface area contributed by atoms with Crippen molar-refractivity contribution in [3.63, 3.8) is 0 Å². The molecule has 21 heavy (non-hydrogen) atoms. The Hall–Kier alpha value is -0.0800. The molecule has 0 aromatic rings. The standard InChI is InChI=1S/C19H39N2/c1-19(14-17-9-8-10-18(13-17)15-19)16-20-11-6-5-7-12-21(2,3)4/h17-18,20H,5-16H2,1-4H3/q+1. The molecule has 0 aromatic carbocycles. The molecule has 0 heterocycles. The number of unbranched alkanes of at least 4 members (excludes halogenated alkanes) is 2. The van der Waals surface area contributed by atoms with Gasteiger partial charge in [-0.2, -0.15) is 0 Å². The van der Waals surface area contributed by atoms with Crippen molar-refractivity contribution < 1.29 is 4.48 Å². The summed E-state index contributed by atoms with van der Waals surface area (Å²) in [5.41, 5.74) is 0.594. The maximum Gasteiger partial charge on any atom is 0.0780 e. The Kier molecular flexibility index (Phi) is 6.14. The van der Waals surface area contributed by atoms with Crippen molar-refractivity contribution in [2.45, 2.75) is 64.7 Å². The number of quaternary nitrogens is 1. The molecular weight excluding hydrogens is 256 g/mol. The normalized spacial score (nSPS) is 33.1. The minimum atomic E-state index is 0.594. The van der Waals surface area contributed by atoms with E-state index in [-0.39, 0.29) is 0 Å². The van der Waals surface area contributed by atoms with Gasteiger partial charge in [0.2, 0.25) is 0 Å². The molecule has 0 aliphatic heterocycles. The summed E-state index contributed by atoms with van der Waals surface area (Å²) in [6, 6.07) is 0. The number of hydrogen-bond acceptors (Lipinski definition) is 1. The van der Waals surface area contributed by atoms with Crippen LogP contribution in [0.1, 0.15) is 64.7 Å². The Labute approximate surface area is 133 Å². The highest BCUT2D eigenvalue weighted by atomic mass is 15.3. The molecule has 0 spiro atoms. The third-order valence-electron chi connectivity index (χ3n) is 5.69. The first-order valence-electron chi connectivity index (χ1n) is 9.38. The predicted octanol–water partition coefficient (Wildman–Crippen LogP) is 4.06. The summed E-state index contributed by atoms with van der Waals surface area (Å²) in [4.78, 5) is 0. The van der Waals surface area contributed by atoms with Gasteiger partial charge in [-0.05, 0) is 62.3 Å². The molecule has 0 saturated heterocycles. The zero-order valence-electron chi connectivity index (χ0n) is 15.1. The Morgan fingerprint density at radius 3 is 2.29 bits per heavy atom. The van der Waals surface area contributed by atoms with Gasteiger partial charge in [-0.15, -0.1) is 0 Å². The molecule has 2 fully saturated rings. The molecule has 2 rings (SSSR count). The van der Waals surface area contributed by atoms with E-state index in [0.717, 1.165) is 16.3 Å². The number of hydrogen-bond donors (Lipinski definition) is 1. The van der Waals surface area contributed by atoms with Crippen molar-refractivity contribution in [1.82, 2.24) is 5.32 Å². The van der Waals surface area contributed by atoms with Crippen LogP contribution < -0.4 is 5.32 Å². The van der Waals surface area contributed by atoms with Crippen LogP contribution in [0.2, 0.25) is 0 Å². The number of nitrogens with zero attached hydrogens (tertiary/aromatic N) is 1. The van der Waals surface area contributed by atoms with E-state index >= 15 is 0 Å². The molecule has 0 amide bonds. The molecule has 0 radical (unpaired) electrons. The molecule has 2 saturated carbocycles. The Bertz CT molecular complexity index is 293. The highest BCUT2D eigenvalue weighted by molar-refractivity contribution is 4.91. The van der Waals surface area contributed by atoms with Crippen LogP contribution in [0.15, 0.2) is 0 Å². The smallest absolute Gasteiger partial charge is 0.0780 e. The van der Waals surface area contributed by atoms with E-state index < -0.39 is 0 Å². The third kappa shape index (κ3) is 6.28. The lowest BCUT2D eigenvalue weighted by molar-refractivity contribution is -0.870. The lowest BCUT2D eigenvalue weighted by atomic mass is 9.61. The van der Waals surface area contributed by atoms with Gasteiger partial charge in [-0.25, -0.2) is 0 Å². The van der Waals surface area contributed by atoms with Gasteiger partial charge in [0.25, 0.3) is 0 Å². The van der Waals surface area contributed by atoms with Crippen LogP contribution in [0.4, 0.5) is 0 Å². The first-order chi connectivity index (χ1) is 9.86. The van der Waals surface area contributed by atoms with Gasteiger partial charge in [0, 0.05) is 6.54 Å². The van der Waals surface area contributed by atoms with Crippen LogP contribution in [-0.4, -0.2) is 45.3 Å². The molecule has 2 nitrogen and oxygen atoms in total. The molecule has 2 unspecified atom stereocenters. The molecule has 2 aliphatic rings. The Morgan fingerprint density at radius 1 is 1.00 bits per heavy atom. The first-order valence-corrected chi connectivity index (χ1v) is 9.38. The Balaban J connectivity index is 1.56. The van der Waals surface area contributed by atoms with Crippen LogP contribution in [0.25, 0.3) is 0 Å². The average molecular weight is 296 g/mol. The van der Waals surface area contributed by atoms with Crippen molar-refractivity contribution in [3.8, 4) is 0 Å². The second kappa shape index (κ2) is 7.46. The molecular formula is C19H39N2+. The summed E-state index contributed by atoms with van der Waals surface area (Å²) in [5, 5.41) is 3.78. The first kappa shape index (κ1) is 17.3. The van der Waals surface area contributed by atoms with E-state index in [0.29, 0.717) is 5.41 Å². The van der Waals surface area contributed by atoms with Crippen LogP contribution in [0.3, 0.4) is 0 Å². The highest BCUT2D eigenvalue weighted by Crippen LogP contribution is 2.48. The fourth-order valence-corrected chi connectivity index (χ4v) is 4.80. The van der Waals surface area contributed by atoms with Gasteiger partial charge in [-0.1, -0.05) is 26.2 Å². The van der Waals surface area contributed by atoms with Crippen LogP contribution >= 0.6 is 0 Å². The van der Waals surface area contributed by atoms with E-state index in [4.69, 9.17) is 0 Å². The van der Waals surface area contributed by atoms with Gasteiger partial charge in [0.1, 0.15) is 0 Å². The van der Waals surface area contributed by atoms with E-state index in [1.165, 1.54) is 71.0 Å². The lowest BCUT2D eigenvalue weighted by Gasteiger charge is -2.45. The molecule has 0 aromatic heterocycles. The number of nitrogens with one attached hydrogen (secondary N) is 1. The molecule has 2 heteroatoms. The van der Waals surface area contributed by atoms with Gasteiger partial charge < -0.3 is 9.80 Å². The summed E-state index contributed by atoms with van der Waals surface area (Å²) in [5.74, 6) is 2.10. The van der Waals surface area contributed by atoms with Crippen molar-refractivity contribution in [1.29, 1.82) is 0 Å². The fraction of sp³-hybridized carbons (Fsp3) is 1.00. The third-order valence-corrected chi connectivity index (χ3v) is 5.69. The summed E-state index contributed by atoms with van der Waals surface area (Å²) < 4.78 is 1.11. The second-order valence-corrected chi connectivity index (χ2v) is 9.37. The van der Waals surface area contributed by atoms with Crippen LogP contribution in [0, 0.1) is 17.3 Å². The predicted molar refractivity (Wildman–Crippen MR) is 92.4 cm³/mol. The number of rotatable bonds is 8. The zero-order valence-corrected chi connectivity index (χ0v) is 15.1. The molecule has 2 aliphatic carbocycles. The summed E-state index contributed by atoms with van der Waals surface area (Å²) in [6.45, 7) is 6.33. The minimum Gasteiger partial charge on any atom is -0.331 e. The summed E-state index contributed by atoms with van der Waals surface area (Å²) >= 11 is 0. The second-order valence-electron chi connectivity index (χ2n) is 9.37. The van der Waals surface area contributed by atoms with E-state index in [1.54, 1.807) is 6.42 Å². The van der Waals surface area contributed by atoms with Crippen molar-refractivity contribution in [3.05, 3.63) is 0 Å². The monoisotopic (exact) mass is 295 g/mol. The number of fused-ring (bicyclic) bond motifs is 2. The molecule has 1 N–H and O–H groups in total. The van der Waals surface area contributed by atoms with Gasteiger partial charge in [0.15, 0.2) is 0 Å². The maximum absolute atomic E-state index is 3.78. The van der Waals surface area contributed by atoms with E-state index in [2.05, 4.69) is 33.4 Å². The maximum atomic E-state index is 3.78. The lowest BCUT2D eigenvalue weighted by Crippen LogP contribution is -2.41. The summed E-state index contributed by atoms with van der Waals surface area (Å²) in [7, 11) is 6.87. The van der Waals surface area contributed by atoms with Gasteiger partial charge in [0.05, 0.1) is 27.7 Å². The molecule has 124 valence electrons. The van der Waals surface area contributed by atoms with E-state index in [9.17, 15) is 0 Å². The highest BCUT2D eigenvalue weighted by Gasteiger charge is 2.38. The van der Waals surface area contributed by atoms with Crippen molar-refractivity contribution >= 4 is 0 Å². The summed E-state index contributed by atoms with van der Waals surface area (Å²) in [6.07, 6.45) is 13.1. The SMILES string of the molecule is CC1(CNCCCCC[N+](C)(C)C)CC2CCCC(C2)C1. The van der Waals surface area contributed by atoms with Crippen molar-refractivity contribution in [2.75, 3.05) is 40.8 Å². The van der Waals surface area contributed by atoms with Gasteiger partial charge in [-0.3, -0.25) is 0 Å². The quantitative estimate of drug-likeness (QED) is 0.526. The molecule has 2 atom stereocenters. The topological polar surface area (TPSA) is 12.0 Å². The average Bonchev–Trinajstić information content (AvgIpc) is 2.35. The van der Waals surface area contributed by atoms with E-state index in [1.807, 2.05) is 0 Å². The Morgan fingerprint density at radius 2 is 1.67 bits per heavy atom.